The summed E-state index contributed by atoms with van der Waals surface area (Å²) in [4.78, 5) is 27.5. The van der Waals surface area contributed by atoms with Gasteiger partial charge in [-0.05, 0) is 18.2 Å². The smallest absolute Gasteiger partial charge is 0.229 e. The van der Waals surface area contributed by atoms with E-state index in [9.17, 15) is 18.0 Å². The molecule has 8 heteroatoms. The molecule has 2 aromatic carbocycles. The fraction of sp³-hybridized carbons (Fsp3) is 0.111. The monoisotopic (exact) mass is 371 g/mol. The minimum Gasteiger partial charge on any atom is -0.350 e. The van der Waals surface area contributed by atoms with Crippen molar-refractivity contribution in [3.8, 4) is 0 Å². The summed E-state index contributed by atoms with van der Waals surface area (Å²) in [5.41, 5.74) is 1.97. The molecule has 3 rings (SSSR count). The molecule has 3 aromatic rings. The Kier molecular flexibility index (Phi) is 4.52. The van der Waals surface area contributed by atoms with Crippen molar-refractivity contribution in [2.75, 3.05) is 16.3 Å². The van der Waals surface area contributed by atoms with Crippen molar-refractivity contribution in [2.45, 2.75) is 6.92 Å². The number of ketones is 1. The summed E-state index contributed by atoms with van der Waals surface area (Å²) in [6.45, 7) is 1.34. The first kappa shape index (κ1) is 17.7. The van der Waals surface area contributed by atoms with E-state index in [-0.39, 0.29) is 17.4 Å². The Morgan fingerprint density at radius 3 is 2.35 bits per heavy atom. The number of amides is 1. The Balaban J connectivity index is 2.16. The minimum absolute atomic E-state index is 0.234. The van der Waals surface area contributed by atoms with E-state index in [1.807, 2.05) is 0 Å². The molecule has 0 saturated heterocycles. The number of hydrogen-bond acceptors (Lipinski definition) is 4. The molecule has 0 aliphatic heterocycles. The van der Waals surface area contributed by atoms with Crippen molar-refractivity contribution >= 4 is 44.0 Å². The number of sulfonamides is 1. The molecule has 134 valence electrons. The second-order valence-corrected chi connectivity index (χ2v) is 7.63. The van der Waals surface area contributed by atoms with E-state index in [1.165, 1.54) is 6.92 Å². The van der Waals surface area contributed by atoms with Gasteiger partial charge in [0.05, 0.1) is 11.9 Å². The highest BCUT2D eigenvalue weighted by Crippen LogP contribution is 2.32. The summed E-state index contributed by atoms with van der Waals surface area (Å²) in [6, 6.07) is 13.5. The highest BCUT2D eigenvalue weighted by Gasteiger charge is 2.20. The number of rotatable bonds is 5. The zero-order valence-electron chi connectivity index (χ0n) is 14.2. The summed E-state index contributed by atoms with van der Waals surface area (Å²) < 4.78 is 25.3. The van der Waals surface area contributed by atoms with E-state index in [0.29, 0.717) is 27.8 Å². The standard InChI is InChI=1S/C18H17N3O4S/c1-11(22)19-16-14-10-13(21-26(2,24)25)8-9-15(14)20-17(16)18(23)12-6-4-3-5-7-12/h3-10,20-21H,1-2H3,(H,19,22). The second kappa shape index (κ2) is 6.64. The molecule has 0 saturated carbocycles. The zero-order chi connectivity index (χ0) is 18.9. The maximum absolute atomic E-state index is 12.8. The molecule has 1 amide bonds. The van der Waals surface area contributed by atoms with Gasteiger partial charge in [0.2, 0.25) is 21.7 Å². The van der Waals surface area contributed by atoms with Crippen LogP contribution in [0.4, 0.5) is 11.4 Å². The summed E-state index contributed by atoms with van der Waals surface area (Å²) in [5, 5.41) is 3.20. The van der Waals surface area contributed by atoms with Gasteiger partial charge < -0.3 is 10.3 Å². The second-order valence-electron chi connectivity index (χ2n) is 5.89. The molecule has 0 radical (unpaired) electrons. The molecule has 0 atom stereocenters. The Morgan fingerprint density at radius 1 is 1.04 bits per heavy atom. The molecular weight excluding hydrogens is 354 g/mol. The van der Waals surface area contributed by atoms with Crippen molar-refractivity contribution in [3.05, 3.63) is 59.8 Å². The maximum atomic E-state index is 12.8. The lowest BCUT2D eigenvalue weighted by atomic mass is 10.1. The van der Waals surface area contributed by atoms with Crippen LogP contribution in [-0.4, -0.2) is 31.3 Å². The van der Waals surface area contributed by atoms with Gasteiger partial charge in [0.25, 0.3) is 0 Å². The number of benzene rings is 2. The lowest BCUT2D eigenvalue weighted by Crippen LogP contribution is -2.11. The van der Waals surface area contributed by atoms with Gasteiger partial charge in [-0.3, -0.25) is 14.3 Å². The number of anilines is 2. The van der Waals surface area contributed by atoms with Gasteiger partial charge in [-0.2, -0.15) is 0 Å². The van der Waals surface area contributed by atoms with Gasteiger partial charge in [0.15, 0.2) is 0 Å². The summed E-state index contributed by atoms with van der Waals surface area (Å²) in [6.07, 6.45) is 1.05. The Labute approximate surface area is 150 Å². The van der Waals surface area contributed by atoms with Gasteiger partial charge in [-0.1, -0.05) is 30.3 Å². The molecule has 3 N–H and O–H groups in total. The predicted octanol–water partition coefficient (Wildman–Crippen LogP) is 2.73. The average molecular weight is 371 g/mol. The van der Waals surface area contributed by atoms with Gasteiger partial charge in [-0.25, -0.2) is 8.42 Å². The lowest BCUT2D eigenvalue weighted by molar-refractivity contribution is -0.114. The van der Waals surface area contributed by atoms with Crippen LogP contribution in [0, 0.1) is 0 Å². The molecule has 0 aliphatic rings. The minimum atomic E-state index is -3.45. The number of carbonyl (C=O) groups is 2. The number of H-pyrrole nitrogens is 1. The van der Waals surface area contributed by atoms with Crippen molar-refractivity contribution in [2.24, 2.45) is 0 Å². The first-order valence-electron chi connectivity index (χ1n) is 7.75. The van der Waals surface area contributed by atoms with Crippen LogP contribution in [0.5, 0.6) is 0 Å². The summed E-state index contributed by atoms with van der Waals surface area (Å²) in [5.74, 6) is -0.613. The third kappa shape index (κ3) is 3.75. The molecule has 0 bridgehead atoms. The molecule has 1 aromatic heterocycles. The molecule has 0 fully saturated rings. The fourth-order valence-corrected chi connectivity index (χ4v) is 3.23. The molecule has 0 aliphatic carbocycles. The van der Waals surface area contributed by atoms with Crippen molar-refractivity contribution < 1.29 is 18.0 Å². The van der Waals surface area contributed by atoms with E-state index < -0.39 is 10.0 Å². The molecule has 0 spiro atoms. The van der Waals surface area contributed by atoms with Crippen LogP contribution in [0.25, 0.3) is 10.9 Å². The maximum Gasteiger partial charge on any atom is 0.229 e. The Bertz CT molecular complexity index is 1100. The topological polar surface area (TPSA) is 108 Å². The fourth-order valence-electron chi connectivity index (χ4n) is 2.68. The normalized spacial score (nSPS) is 11.3. The van der Waals surface area contributed by atoms with Crippen molar-refractivity contribution in [3.63, 3.8) is 0 Å². The van der Waals surface area contributed by atoms with E-state index >= 15 is 0 Å². The van der Waals surface area contributed by atoms with Crippen LogP contribution in [0.15, 0.2) is 48.5 Å². The van der Waals surface area contributed by atoms with Gasteiger partial charge in [0, 0.05) is 29.1 Å². The molecule has 1 heterocycles. The third-order valence-electron chi connectivity index (χ3n) is 3.67. The quantitative estimate of drug-likeness (QED) is 0.599. The number of aromatic nitrogens is 1. The summed E-state index contributed by atoms with van der Waals surface area (Å²) >= 11 is 0. The van der Waals surface area contributed by atoms with Crippen LogP contribution >= 0.6 is 0 Å². The Morgan fingerprint density at radius 2 is 1.73 bits per heavy atom. The van der Waals surface area contributed by atoms with E-state index in [1.54, 1.807) is 48.5 Å². The largest absolute Gasteiger partial charge is 0.350 e. The van der Waals surface area contributed by atoms with E-state index in [4.69, 9.17) is 0 Å². The number of hydrogen-bond donors (Lipinski definition) is 3. The van der Waals surface area contributed by atoms with Crippen LogP contribution in [0.3, 0.4) is 0 Å². The van der Waals surface area contributed by atoms with Crippen LogP contribution in [-0.2, 0) is 14.8 Å². The molecule has 0 unspecified atom stereocenters. The highest BCUT2D eigenvalue weighted by molar-refractivity contribution is 7.92. The summed E-state index contributed by atoms with van der Waals surface area (Å²) in [7, 11) is -3.45. The van der Waals surface area contributed by atoms with Crippen LogP contribution in [0.1, 0.15) is 23.0 Å². The van der Waals surface area contributed by atoms with E-state index in [0.717, 1.165) is 6.26 Å². The Hall–Kier alpha value is -3.13. The van der Waals surface area contributed by atoms with Crippen LogP contribution in [0.2, 0.25) is 0 Å². The number of fused-ring (bicyclic) bond motifs is 1. The average Bonchev–Trinajstić information content (AvgIpc) is 2.91. The third-order valence-corrected chi connectivity index (χ3v) is 4.27. The first-order chi connectivity index (χ1) is 12.2. The van der Waals surface area contributed by atoms with Gasteiger partial charge in [0.1, 0.15) is 5.69 Å². The zero-order valence-corrected chi connectivity index (χ0v) is 15.0. The number of aromatic amines is 1. The molecule has 7 nitrogen and oxygen atoms in total. The van der Waals surface area contributed by atoms with Gasteiger partial charge >= 0.3 is 0 Å². The predicted molar refractivity (Wildman–Crippen MR) is 101 cm³/mol. The first-order valence-corrected chi connectivity index (χ1v) is 9.64. The molecule has 26 heavy (non-hydrogen) atoms. The highest BCUT2D eigenvalue weighted by atomic mass is 32.2. The van der Waals surface area contributed by atoms with Crippen molar-refractivity contribution in [1.82, 2.24) is 4.98 Å². The number of nitrogens with one attached hydrogen (secondary N) is 3. The SMILES string of the molecule is CC(=O)Nc1c(C(=O)c2ccccc2)[nH]c2ccc(NS(C)(=O)=O)cc12. The van der Waals surface area contributed by atoms with Crippen LogP contribution < -0.4 is 10.0 Å². The van der Waals surface area contributed by atoms with Gasteiger partial charge in [-0.15, -0.1) is 0 Å². The van der Waals surface area contributed by atoms with E-state index in [2.05, 4.69) is 15.0 Å². The number of carbonyl (C=O) groups excluding carboxylic acids is 2. The molecular formula is C18H17N3O4S. The lowest BCUT2D eigenvalue weighted by Gasteiger charge is -2.06. The van der Waals surface area contributed by atoms with Crippen molar-refractivity contribution in [1.29, 1.82) is 0 Å².